The van der Waals surface area contributed by atoms with Crippen molar-refractivity contribution in [3.8, 4) is 5.75 Å². The molecule has 1 rings (SSSR count). The zero-order valence-electron chi connectivity index (χ0n) is 11.6. The lowest BCUT2D eigenvalue weighted by atomic mass is 10.2. The number of hydrogen-bond donors (Lipinski definition) is 2. The summed E-state index contributed by atoms with van der Waals surface area (Å²) in [5, 5.41) is 11.3. The normalized spacial score (nSPS) is 11.6. The fourth-order valence-corrected chi connectivity index (χ4v) is 1.56. The molecule has 0 radical (unpaired) electrons. The van der Waals surface area contributed by atoms with Crippen molar-refractivity contribution < 1.29 is 24.2 Å². The van der Waals surface area contributed by atoms with Gasteiger partial charge in [-0.25, -0.2) is 4.79 Å². The van der Waals surface area contributed by atoms with Crippen LogP contribution in [0.15, 0.2) is 24.3 Å². The quantitative estimate of drug-likeness (QED) is 0.707. The zero-order valence-corrected chi connectivity index (χ0v) is 11.6. The number of hydrogen-bond acceptors (Lipinski definition) is 5. The minimum atomic E-state index is -1.04. The van der Waals surface area contributed by atoms with Crippen LogP contribution in [0.4, 0.5) is 0 Å². The predicted molar refractivity (Wildman–Crippen MR) is 72.3 cm³/mol. The summed E-state index contributed by atoms with van der Waals surface area (Å²) >= 11 is 0. The SMILES string of the molecule is COC(=O)C(CO)NC(=O)CCOc1ccccc1C. The van der Waals surface area contributed by atoms with Crippen molar-refractivity contribution in [2.24, 2.45) is 0 Å². The number of para-hydroxylation sites is 1. The second kappa shape index (κ2) is 8.16. The molecule has 110 valence electrons. The maximum absolute atomic E-state index is 11.6. The fraction of sp³-hybridized carbons (Fsp3) is 0.429. The van der Waals surface area contributed by atoms with Gasteiger partial charge in [-0.15, -0.1) is 0 Å². The first-order chi connectivity index (χ1) is 9.58. The van der Waals surface area contributed by atoms with Gasteiger partial charge in [-0.05, 0) is 18.6 Å². The van der Waals surface area contributed by atoms with Gasteiger partial charge in [-0.1, -0.05) is 18.2 Å². The van der Waals surface area contributed by atoms with Crippen molar-refractivity contribution >= 4 is 11.9 Å². The number of aliphatic hydroxyl groups excluding tert-OH is 1. The Kier molecular flexibility index (Phi) is 6.52. The molecular weight excluding hydrogens is 262 g/mol. The molecule has 0 aliphatic rings. The summed E-state index contributed by atoms with van der Waals surface area (Å²) in [6.07, 6.45) is 0.0851. The van der Waals surface area contributed by atoms with Gasteiger partial charge in [0.15, 0.2) is 6.04 Å². The smallest absolute Gasteiger partial charge is 0.330 e. The Labute approximate surface area is 117 Å². The van der Waals surface area contributed by atoms with E-state index in [1.807, 2.05) is 31.2 Å². The van der Waals surface area contributed by atoms with Crippen molar-refractivity contribution in [3.05, 3.63) is 29.8 Å². The first kappa shape index (κ1) is 16.0. The van der Waals surface area contributed by atoms with Gasteiger partial charge in [0.05, 0.1) is 26.7 Å². The largest absolute Gasteiger partial charge is 0.493 e. The molecule has 1 aromatic rings. The van der Waals surface area contributed by atoms with Crippen LogP contribution < -0.4 is 10.1 Å². The molecular formula is C14H19NO5. The lowest BCUT2D eigenvalue weighted by Gasteiger charge is -2.14. The van der Waals surface area contributed by atoms with E-state index in [1.54, 1.807) is 0 Å². The van der Waals surface area contributed by atoms with E-state index in [-0.39, 0.29) is 18.9 Å². The van der Waals surface area contributed by atoms with Crippen molar-refractivity contribution in [2.45, 2.75) is 19.4 Å². The number of carbonyl (C=O) groups is 2. The highest BCUT2D eigenvalue weighted by Gasteiger charge is 2.20. The van der Waals surface area contributed by atoms with Gasteiger partial charge in [0.25, 0.3) is 0 Å². The van der Waals surface area contributed by atoms with Gasteiger partial charge < -0.3 is 19.9 Å². The van der Waals surface area contributed by atoms with Crippen LogP contribution in [0, 0.1) is 6.92 Å². The van der Waals surface area contributed by atoms with Crippen LogP contribution in [-0.2, 0) is 14.3 Å². The average Bonchev–Trinajstić information content (AvgIpc) is 2.46. The van der Waals surface area contributed by atoms with Gasteiger partial charge >= 0.3 is 5.97 Å². The number of benzene rings is 1. The lowest BCUT2D eigenvalue weighted by Crippen LogP contribution is -2.44. The summed E-state index contributed by atoms with van der Waals surface area (Å²) < 4.78 is 9.92. The Morgan fingerprint density at radius 2 is 2.05 bits per heavy atom. The summed E-state index contributed by atoms with van der Waals surface area (Å²) in [6.45, 7) is 1.60. The van der Waals surface area contributed by atoms with E-state index in [0.29, 0.717) is 5.75 Å². The summed E-state index contributed by atoms with van der Waals surface area (Å²) in [5.41, 5.74) is 0.982. The Morgan fingerprint density at radius 1 is 1.35 bits per heavy atom. The molecule has 0 fully saturated rings. The molecule has 0 aromatic heterocycles. The van der Waals surface area contributed by atoms with E-state index < -0.39 is 18.6 Å². The summed E-state index contributed by atoms with van der Waals surface area (Å²) in [4.78, 5) is 22.8. The maximum atomic E-state index is 11.6. The van der Waals surface area contributed by atoms with Crippen LogP contribution in [0.3, 0.4) is 0 Å². The van der Waals surface area contributed by atoms with Crippen molar-refractivity contribution in [1.29, 1.82) is 0 Å². The van der Waals surface area contributed by atoms with Crippen LogP contribution in [0.2, 0.25) is 0 Å². The number of carbonyl (C=O) groups excluding carboxylic acids is 2. The summed E-state index contributed by atoms with van der Waals surface area (Å²) in [6, 6.07) is 6.44. The van der Waals surface area contributed by atoms with Crippen LogP contribution in [0.1, 0.15) is 12.0 Å². The number of ether oxygens (including phenoxy) is 2. The summed E-state index contributed by atoms with van der Waals surface area (Å²) in [5.74, 6) is -0.351. The van der Waals surface area contributed by atoms with E-state index in [9.17, 15) is 9.59 Å². The molecule has 1 aromatic carbocycles. The molecule has 20 heavy (non-hydrogen) atoms. The Morgan fingerprint density at radius 3 is 2.65 bits per heavy atom. The average molecular weight is 281 g/mol. The topological polar surface area (TPSA) is 84.9 Å². The van der Waals surface area contributed by atoms with E-state index >= 15 is 0 Å². The minimum absolute atomic E-state index is 0.0851. The summed E-state index contributed by atoms with van der Waals surface area (Å²) in [7, 11) is 1.19. The van der Waals surface area contributed by atoms with E-state index in [4.69, 9.17) is 9.84 Å². The molecule has 0 bridgehead atoms. The van der Waals surface area contributed by atoms with Crippen molar-refractivity contribution in [3.63, 3.8) is 0 Å². The number of esters is 1. The second-order valence-electron chi connectivity index (χ2n) is 4.19. The molecule has 6 heteroatoms. The van der Waals surface area contributed by atoms with Gasteiger partial charge in [-0.3, -0.25) is 4.79 Å². The third kappa shape index (κ3) is 4.89. The van der Waals surface area contributed by atoms with Crippen molar-refractivity contribution in [1.82, 2.24) is 5.32 Å². The standard InChI is InChI=1S/C14H19NO5/c1-10-5-3-4-6-12(10)20-8-7-13(17)15-11(9-16)14(18)19-2/h3-6,11,16H,7-9H2,1-2H3,(H,15,17). The molecule has 1 unspecified atom stereocenters. The highest BCUT2D eigenvalue weighted by molar-refractivity contribution is 5.84. The molecule has 0 saturated heterocycles. The van der Waals surface area contributed by atoms with E-state index in [0.717, 1.165) is 5.56 Å². The number of aliphatic hydroxyl groups is 1. The highest BCUT2D eigenvalue weighted by atomic mass is 16.5. The molecule has 0 heterocycles. The van der Waals surface area contributed by atoms with Crippen LogP contribution in [0.5, 0.6) is 5.75 Å². The number of amides is 1. The molecule has 0 saturated carbocycles. The second-order valence-corrected chi connectivity index (χ2v) is 4.19. The Bertz CT molecular complexity index is 461. The Hall–Kier alpha value is -2.08. The number of nitrogens with one attached hydrogen (secondary N) is 1. The number of rotatable bonds is 7. The minimum Gasteiger partial charge on any atom is -0.493 e. The van der Waals surface area contributed by atoms with Crippen LogP contribution in [0.25, 0.3) is 0 Å². The molecule has 0 aliphatic heterocycles. The molecule has 6 nitrogen and oxygen atoms in total. The molecule has 0 aliphatic carbocycles. The fourth-order valence-electron chi connectivity index (χ4n) is 1.56. The van der Waals surface area contributed by atoms with E-state index in [2.05, 4.69) is 10.1 Å². The van der Waals surface area contributed by atoms with Gasteiger partial charge in [0.2, 0.25) is 5.91 Å². The van der Waals surface area contributed by atoms with E-state index in [1.165, 1.54) is 7.11 Å². The van der Waals surface area contributed by atoms with Crippen LogP contribution in [-0.4, -0.2) is 43.3 Å². The molecule has 2 N–H and O–H groups in total. The predicted octanol–water partition coefficient (Wildman–Crippen LogP) is 0.414. The first-order valence-electron chi connectivity index (χ1n) is 6.25. The first-order valence-corrected chi connectivity index (χ1v) is 6.25. The van der Waals surface area contributed by atoms with Gasteiger partial charge in [0, 0.05) is 0 Å². The third-order valence-electron chi connectivity index (χ3n) is 2.68. The molecule has 1 atom stereocenters. The Balaban J connectivity index is 2.37. The van der Waals surface area contributed by atoms with Gasteiger partial charge in [-0.2, -0.15) is 0 Å². The van der Waals surface area contributed by atoms with Crippen molar-refractivity contribution in [2.75, 3.05) is 20.3 Å². The molecule has 1 amide bonds. The lowest BCUT2D eigenvalue weighted by molar-refractivity contribution is -0.146. The number of methoxy groups -OCH3 is 1. The monoisotopic (exact) mass is 281 g/mol. The van der Waals surface area contributed by atoms with Gasteiger partial charge in [0.1, 0.15) is 5.75 Å². The highest BCUT2D eigenvalue weighted by Crippen LogP contribution is 2.16. The third-order valence-corrected chi connectivity index (χ3v) is 2.68. The molecule has 0 spiro atoms. The zero-order chi connectivity index (χ0) is 15.0. The maximum Gasteiger partial charge on any atom is 0.330 e. The van der Waals surface area contributed by atoms with Crippen LogP contribution >= 0.6 is 0 Å². The number of aryl methyl sites for hydroxylation is 1.